The minimum absolute atomic E-state index is 0.284. The second-order valence-electron chi connectivity index (χ2n) is 15.3. The highest BCUT2D eigenvalue weighted by Gasteiger charge is 2.24. The molecule has 0 fully saturated rings. The largest absolute Gasteiger partial charge is 0.387 e. The number of aliphatic hydroxyl groups is 1. The number of unbranched alkanes of at least 4 members (excludes halogenated alkanes) is 24. The second kappa shape index (κ2) is 40.7. The van der Waals surface area contributed by atoms with Crippen molar-refractivity contribution in [3.8, 4) is 0 Å². The van der Waals surface area contributed by atoms with Crippen LogP contribution < -0.4 is 5.32 Å². The van der Waals surface area contributed by atoms with Crippen LogP contribution in [0, 0.1) is 0 Å². The van der Waals surface area contributed by atoms with E-state index in [2.05, 4.69) is 67.8 Å². The first-order valence-corrected chi connectivity index (χ1v) is 24.1. The van der Waals surface area contributed by atoms with Crippen LogP contribution in [0.5, 0.6) is 0 Å². The Morgan fingerprint density at radius 3 is 1.31 bits per heavy atom. The van der Waals surface area contributed by atoms with E-state index in [4.69, 9.17) is 0 Å². The number of carbonyl (C=O) groups excluding carboxylic acids is 1. The van der Waals surface area contributed by atoms with E-state index in [9.17, 15) is 22.9 Å². The molecule has 0 radical (unpaired) electrons. The van der Waals surface area contributed by atoms with Crippen LogP contribution in [-0.2, 0) is 14.9 Å². The van der Waals surface area contributed by atoms with Crippen LogP contribution in [0.3, 0.4) is 0 Å². The number of carbonyl (C=O) groups is 1. The zero-order valence-corrected chi connectivity index (χ0v) is 35.9. The standard InChI is InChI=1S/C47H85NO5S/c1-3-5-7-9-11-13-15-17-19-21-23-24-25-27-29-31-33-35-37-39-41-43-47(50)48-45(44-54(51,52)53)46(49)42-40-38-36-34-32-30-28-26-22-20-18-16-14-12-10-8-6-4-2/h5,7,11,13,17,19,23-24,40,42,45-46,49H,3-4,6,8-10,12,14-16,18,20-22,25-39,41,43-44H2,1-2H3,(H,48,50)(H,51,52,53)/b7-5-,13-11-,19-17-,24-23-,42-40+. The zero-order valence-electron chi connectivity index (χ0n) is 35.1. The number of rotatable bonds is 40. The van der Waals surface area contributed by atoms with Gasteiger partial charge in [0.15, 0.2) is 0 Å². The lowest BCUT2D eigenvalue weighted by molar-refractivity contribution is -0.122. The molecule has 3 N–H and O–H groups in total. The Bertz CT molecular complexity index is 1080. The lowest BCUT2D eigenvalue weighted by Crippen LogP contribution is -2.46. The fourth-order valence-electron chi connectivity index (χ4n) is 6.62. The molecule has 314 valence electrons. The summed E-state index contributed by atoms with van der Waals surface area (Å²) in [6.07, 6.45) is 56.3. The lowest BCUT2D eigenvalue weighted by atomic mass is 10.0. The highest BCUT2D eigenvalue weighted by atomic mass is 32.2. The number of allylic oxidation sites excluding steroid dienone is 9. The van der Waals surface area contributed by atoms with Crippen LogP contribution >= 0.6 is 0 Å². The SMILES string of the molecule is CC/C=C\C/C=C\C/C=C\C/C=C\CCCCCCCCCCC(=O)NC(CS(=O)(=O)O)C(O)/C=C/CCCCCCCCCCCCCCCCCC. The fraction of sp³-hybridized carbons (Fsp3) is 0.766. The maximum atomic E-state index is 12.5. The van der Waals surface area contributed by atoms with E-state index in [0.717, 1.165) is 77.0 Å². The molecular weight excluding hydrogens is 691 g/mol. The van der Waals surface area contributed by atoms with Gasteiger partial charge in [-0.25, -0.2) is 0 Å². The quantitative estimate of drug-likeness (QED) is 0.0327. The van der Waals surface area contributed by atoms with Gasteiger partial charge in [-0.2, -0.15) is 8.42 Å². The van der Waals surface area contributed by atoms with Crippen molar-refractivity contribution in [3.63, 3.8) is 0 Å². The molecule has 0 aliphatic carbocycles. The molecule has 54 heavy (non-hydrogen) atoms. The van der Waals surface area contributed by atoms with Crippen molar-refractivity contribution in [3.05, 3.63) is 60.8 Å². The summed E-state index contributed by atoms with van der Waals surface area (Å²) in [6, 6.07) is -1.06. The van der Waals surface area contributed by atoms with E-state index in [1.165, 1.54) is 116 Å². The predicted molar refractivity (Wildman–Crippen MR) is 235 cm³/mol. The molecular formula is C47H85NO5S. The first kappa shape index (κ1) is 52.0. The van der Waals surface area contributed by atoms with Crippen molar-refractivity contribution in [2.24, 2.45) is 0 Å². The smallest absolute Gasteiger partial charge is 0.267 e. The van der Waals surface area contributed by atoms with Gasteiger partial charge in [-0.3, -0.25) is 9.35 Å². The Balaban J connectivity index is 3.90. The van der Waals surface area contributed by atoms with Crippen molar-refractivity contribution < 1.29 is 22.9 Å². The zero-order chi connectivity index (χ0) is 39.6. The third kappa shape index (κ3) is 41.2. The van der Waals surface area contributed by atoms with Gasteiger partial charge in [0.2, 0.25) is 5.91 Å². The Hall–Kier alpha value is -1.96. The van der Waals surface area contributed by atoms with E-state index in [0.29, 0.717) is 0 Å². The molecule has 1 amide bonds. The summed E-state index contributed by atoms with van der Waals surface area (Å²) in [5.41, 5.74) is 0. The van der Waals surface area contributed by atoms with Crippen LogP contribution in [0.25, 0.3) is 0 Å². The number of amides is 1. The maximum Gasteiger partial charge on any atom is 0.267 e. The molecule has 0 spiro atoms. The Morgan fingerprint density at radius 2 is 0.889 bits per heavy atom. The summed E-state index contributed by atoms with van der Waals surface area (Å²) in [5.74, 6) is -0.990. The van der Waals surface area contributed by atoms with Gasteiger partial charge in [-0.1, -0.05) is 209 Å². The van der Waals surface area contributed by atoms with Gasteiger partial charge in [-0.05, 0) is 57.8 Å². The molecule has 0 aliphatic rings. The molecule has 0 rings (SSSR count). The van der Waals surface area contributed by atoms with Gasteiger partial charge in [0.25, 0.3) is 10.1 Å². The number of hydrogen-bond acceptors (Lipinski definition) is 4. The van der Waals surface area contributed by atoms with Crippen molar-refractivity contribution >= 4 is 16.0 Å². The van der Waals surface area contributed by atoms with E-state index >= 15 is 0 Å². The molecule has 0 aromatic heterocycles. The Labute approximate surface area is 334 Å². The number of nitrogens with one attached hydrogen (secondary N) is 1. The van der Waals surface area contributed by atoms with Crippen LogP contribution in [0.4, 0.5) is 0 Å². The van der Waals surface area contributed by atoms with Gasteiger partial charge in [0, 0.05) is 6.42 Å². The molecule has 0 aliphatic heterocycles. The van der Waals surface area contributed by atoms with Crippen molar-refractivity contribution in [2.75, 3.05) is 5.75 Å². The monoisotopic (exact) mass is 776 g/mol. The minimum Gasteiger partial charge on any atom is -0.387 e. The molecule has 2 atom stereocenters. The van der Waals surface area contributed by atoms with Gasteiger partial charge in [0.1, 0.15) is 0 Å². The first-order valence-electron chi connectivity index (χ1n) is 22.5. The molecule has 7 heteroatoms. The summed E-state index contributed by atoms with van der Waals surface area (Å²) >= 11 is 0. The first-order chi connectivity index (χ1) is 26.3. The average molecular weight is 776 g/mol. The van der Waals surface area contributed by atoms with Crippen molar-refractivity contribution in [2.45, 2.75) is 225 Å². The van der Waals surface area contributed by atoms with Gasteiger partial charge in [0.05, 0.1) is 17.9 Å². The van der Waals surface area contributed by atoms with E-state index < -0.39 is 28.0 Å². The number of aliphatic hydroxyl groups excluding tert-OH is 1. The lowest BCUT2D eigenvalue weighted by Gasteiger charge is -2.21. The van der Waals surface area contributed by atoms with Gasteiger partial charge < -0.3 is 10.4 Å². The average Bonchev–Trinajstić information content (AvgIpc) is 3.14. The minimum atomic E-state index is -4.35. The molecule has 0 heterocycles. The van der Waals surface area contributed by atoms with Crippen LogP contribution in [0.2, 0.25) is 0 Å². The predicted octanol–water partition coefficient (Wildman–Crippen LogP) is 13.6. The van der Waals surface area contributed by atoms with Crippen LogP contribution in [0.15, 0.2) is 60.8 Å². The molecule has 0 aromatic rings. The number of hydrogen-bond donors (Lipinski definition) is 3. The molecule has 0 saturated heterocycles. The third-order valence-corrected chi connectivity index (χ3v) is 10.7. The highest BCUT2D eigenvalue weighted by Crippen LogP contribution is 2.15. The highest BCUT2D eigenvalue weighted by molar-refractivity contribution is 7.85. The molecule has 0 saturated carbocycles. The van der Waals surface area contributed by atoms with E-state index in [-0.39, 0.29) is 12.3 Å². The second-order valence-corrected chi connectivity index (χ2v) is 16.8. The summed E-state index contributed by atoms with van der Waals surface area (Å²) in [5, 5.41) is 13.3. The molecule has 0 bridgehead atoms. The summed E-state index contributed by atoms with van der Waals surface area (Å²) in [7, 11) is -4.35. The molecule has 6 nitrogen and oxygen atoms in total. The normalized spacial score (nSPS) is 13.8. The molecule has 0 aromatic carbocycles. The van der Waals surface area contributed by atoms with Gasteiger partial charge >= 0.3 is 0 Å². The maximum absolute atomic E-state index is 12.5. The summed E-state index contributed by atoms with van der Waals surface area (Å²) < 4.78 is 32.6. The molecule has 2 unspecified atom stereocenters. The third-order valence-electron chi connectivity index (χ3n) is 9.95. The van der Waals surface area contributed by atoms with Crippen molar-refractivity contribution in [1.29, 1.82) is 0 Å². The van der Waals surface area contributed by atoms with Gasteiger partial charge in [-0.15, -0.1) is 0 Å². The topological polar surface area (TPSA) is 104 Å². The summed E-state index contributed by atoms with van der Waals surface area (Å²) in [6.45, 7) is 4.42. The fourth-order valence-corrected chi connectivity index (χ4v) is 7.35. The van der Waals surface area contributed by atoms with Crippen LogP contribution in [0.1, 0.15) is 213 Å². The van der Waals surface area contributed by atoms with E-state index in [1.807, 2.05) is 6.08 Å². The van der Waals surface area contributed by atoms with E-state index in [1.54, 1.807) is 6.08 Å². The van der Waals surface area contributed by atoms with Crippen LogP contribution in [-0.4, -0.2) is 41.9 Å². The Kier molecular flexibility index (Phi) is 39.2. The summed E-state index contributed by atoms with van der Waals surface area (Å²) in [4.78, 5) is 12.5. The van der Waals surface area contributed by atoms with Crippen molar-refractivity contribution in [1.82, 2.24) is 5.32 Å². The Morgan fingerprint density at radius 1 is 0.519 bits per heavy atom.